The van der Waals surface area contributed by atoms with Crippen LogP contribution in [0.2, 0.25) is 0 Å². The molecule has 2 rings (SSSR count). The Labute approximate surface area is 118 Å². The van der Waals surface area contributed by atoms with Crippen LogP contribution < -0.4 is 4.74 Å². The quantitative estimate of drug-likeness (QED) is 0.688. The maximum absolute atomic E-state index is 5.23. The van der Waals surface area contributed by atoms with Crippen LogP contribution in [-0.2, 0) is 0 Å². The third-order valence-corrected chi connectivity index (χ3v) is 4.91. The lowest BCUT2D eigenvalue weighted by Gasteiger charge is -2.32. The molecular formula is C18H28O. The van der Waals surface area contributed by atoms with Crippen molar-refractivity contribution in [3.8, 4) is 5.75 Å². The van der Waals surface area contributed by atoms with Gasteiger partial charge in [-0.25, -0.2) is 0 Å². The minimum absolute atomic E-state index is 0.774. The topological polar surface area (TPSA) is 9.23 Å². The van der Waals surface area contributed by atoms with E-state index in [0.717, 1.165) is 23.5 Å². The molecule has 1 nitrogen and oxygen atoms in total. The predicted molar refractivity (Wildman–Crippen MR) is 81.8 cm³/mol. The van der Waals surface area contributed by atoms with Crippen LogP contribution >= 0.6 is 0 Å². The lowest BCUT2D eigenvalue weighted by atomic mass is 9.73. The highest BCUT2D eigenvalue weighted by atomic mass is 16.5. The molecule has 0 heterocycles. The van der Waals surface area contributed by atoms with Crippen molar-refractivity contribution >= 4 is 0 Å². The lowest BCUT2D eigenvalue weighted by molar-refractivity contribution is 0.234. The SMILES string of the molecule is CCCC(C)C1CCC(c2ccc(OC)cc2)CC1. The zero-order chi connectivity index (χ0) is 13.7. The average molecular weight is 260 g/mol. The zero-order valence-corrected chi connectivity index (χ0v) is 12.7. The Kier molecular flexibility index (Phi) is 5.30. The summed E-state index contributed by atoms with van der Waals surface area (Å²) in [7, 11) is 1.73. The van der Waals surface area contributed by atoms with Gasteiger partial charge in [0, 0.05) is 0 Å². The molecule has 0 radical (unpaired) electrons. The summed E-state index contributed by atoms with van der Waals surface area (Å²) in [5, 5.41) is 0. The Bertz CT molecular complexity index is 360. The van der Waals surface area contributed by atoms with Crippen molar-refractivity contribution in [2.24, 2.45) is 11.8 Å². The average Bonchev–Trinajstić information content (AvgIpc) is 2.48. The van der Waals surface area contributed by atoms with Gasteiger partial charge in [0.05, 0.1) is 7.11 Å². The van der Waals surface area contributed by atoms with E-state index in [1.807, 2.05) is 0 Å². The summed E-state index contributed by atoms with van der Waals surface area (Å²) < 4.78 is 5.23. The van der Waals surface area contributed by atoms with E-state index in [9.17, 15) is 0 Å². The van der Waals surface area contributed by atoms with Gasteiger partial charge in [-0.1, -0.05) is 38.8 Å². The molecule has 1 unspecified atom stereocenters. The summed E-state index contributed by atoms with van der Waals surface area (Å²) in [6.45, 7) is 4.75. The molecule has 0 amide bonds. The van der Waals surface area contributed by atoms with Crippen LogP contribution in [0.1, 0.15) is 63.9 Å². The fourth-order valence-corrected chi connectivity index (χ4v) is 3.59. The molecule has 0 saturated heterocycles. The number of benzene rings is 1. The first-order chi connectivity index (χ1) is 9.24. The lowest BCUT2D eigenvalue weighted by Crippen LogP contribution is -2.19. The molecule has 1 atom stereocenters. The van der Waals surface area contributed by atoms with Gasteiger partial charge in [0.2, 0.25) is 0 Å². The summed E-state index contributed by atoms with van der Waals surface area (Å²) in [5.41, 5.74) is 1.50. The van der Waals surface area contributed by atoms with Gasteiger partial charge in [-0.15, -0.1) is 0 Å². The first-order valence-electron chi connectivity index (χ1n) is 7.88. The van der Waals surface area contributed by atoms with Crippen LogP contribution in [0.5, 0.6) is 5.75 Å². The van der Waals surface area contributed by atoms with E-state index in [0.29, 0.717) is 0 Å². The van der Waals surface area contributed by atoms with Gasteiger partial charge in [0.15, 0.2) is 0 Å². The van der Waals surface area contributed by atoms with Crippen LogP contribution in [0.15, 0.2) is 24.3 Å². The molecule has 1 aromatic carbocycles. The van der Waals surface area contributed by atoms with Gasteiger partial charge in [0.1, 0.15) is 5.75 Å². The maximum atomic E-state index is 5.23. The van der Waals surface area contributed by atoms with Gasteiger partial charge < -0.3 is 4.74 Å². The van der Waals surface area contributed by atoms with Crippen LogP contribution in [0.3, 0.4) is 0 Å². The van der Waals surface area contributed by atoms with Gasteiger partial charge in [0.25, 0.3) is 0 Å². The highest BCUT2D eigenvalue weighted by Gasteiger charge is 2.25. The monoisotopic (exact) mass is 260 g/mol. The van der Waals surface area contributed by atoms with Gasteiger partial charge >= 0.3 is 0 Å². The Balaban J connectivity index is 1.88. The fourth-order valence-electron chi connectivity index (χ4n) is 3.59. The second-order valence-electron chi connectivity index (χ2n) is 6.15. The van der Waals surface area contributed by atoms with Crippen LogP contribution in [0, 0.1) is 11.8 Å². The smallest absolute Gasteiger partial charge is 0.118 e. The summed E-state index contributed by atoms with van der Waals surface area (Å²) in [6, 6.07) is 8.70. The van der Waals surface area contributed by atoms with E-state index in [1.54, 1.807) is 7.11 Å². The molecule has 1 fully saturated rings. The molecule has 1 heteroatoms. The number of rotatable bonds is 5. The Morgan fingerprint density at radius 2 is 1.74 bits per heavy atom. The van der Waals surface area contributed by atoms with Crippen LogP contribution in [-0.4, -0.2) is 7.11 Å². The highest BCUT2D eigenvalue weighted by Crippen LogP contribution is 2.39. The van der Waals surface area contributed by atoms with Gasteiger partial charge in [-0.3, -0.25) is 0 Å². The molecule has 0 bridgehead atoms. The summed E-state index contributed by atoms with van der Waals surface area (Å²) in [5.74, 6) is 3.63. The second kappa shape index (κ2) is 6.98. The van der Waals surface area contributed by atoms with Crippen molar-refractivity contribution in [2.45, 2.75) is 58.3 Å². The Morgan fingerprint density at radius 3 is 2.26 bits per heavy atom. The molecule has 0 aromatic heterocycles. The molecule has 106 valence electrons. The first-order valence-corrected chi connectivity index (χ1v) is 7.88. The van der Waals surface area contributed by atoms with E-state index in [4.69, 9.17) is 4.74 Å². The predicted octanol–water partition coefficient (Wildman–Crippen LogP) is 5.41. The van der Waals surface area contributed by atoms with E-state index in [2.05, 4.69) is 38.1 Å². The van der Waals surface area contributed by atoms with Crippen molar-refractivity contribution < 1.29 is 4.74 Å². The molecular weight excluding hydrogens is 232 g/mol. The summed E-state index contributed by atoms with van der Waals surface area (Å²) >= 11 is 0. The van der Waals surface area contributed by atoms with Crippen LogP contribution in [0.25, 0.3) is 0 Å². The molecule has 1 aliphatic carbocycles. The standard InChI is InChI=1S/C18H28O/c1-4-5-14(2)15-6-8-16(9-7-15)17-10-12-18(19-3)13-11-17/h10-16H,4-9H2,1-3H3. The van der Waals surface area contributed by atoms with E-state index < -0.39 is 0 Å². The maximum Gasteiger partial charge on any atom is 0.118 e. The molecule has 0 N–H and O–H groups in total. The number of methoxy groups -OCH3 is 1. The molecule has 19 heavy (non-hydrogen) atoms. The summed E-state index contributed by atoms with van der Waals surface area (Å²) in [4.78, 5) is 0. The number of ether oxygens (including phenoxy) is 1. The molecule has 0 aliphatic heterocycles. The van der Waals surface area contributed by atoms with Crippen molar-refractivity contribution in [1.29, 1.82) is 0 Å². The third-order valence-electron chi connectivity index (χ3n) is 4.91. The largest absolute Gasteiger partial charge is 0.497 e. The normalized spacial score (nSPS) is 25.0. The van der Waals surface area contributed by atoms with Crippen molar-refractivity contribution in [1.82, 2.24) is 0 Å². The van der Waals surface area contributed by atoms with Gasteiger partial charge in [-0.05, 0) is 61.1 Å². The number of hydrogen-bond acceptors (Lipinski definition) is 1. The van der Waals surface area contributed by atoms with Crippen LogP contribution in [0.4, 0.5) is 0 Å². The highest BCUT2D eigenvalue weighted by molar-refractivity contribution is 5.29. The van der Waals surface area contributed by atoms with Crippen molar-refractivity contribution in [3.05, 3.63) is 29.8 Å². The zero-order valence-electron chi connectivity index (χ0n) is 12.7. The fraction of sp³-hybridized carbons (Fsp3) is 0.667. The first kappa shape index (κ1) is 14.4. The second-order valence-corrected chi connectivity index (χ2v) is 6.15. The minimum Gasteiger partial charge on any atom is -0.497 e. The van der Waals surface area contributed by atoms with E-state index in [1.165, 1.54) is 44.1 Å². The Morgan fingerprint density at radius 1 is 1.11 bits per heavy atom. The van der Waals surface area contributed by atoms with E-state index in [-0.39, 0.29) is 0 Å². The molecule has 1 aliphatic rings. The molecule has 1 aromatic rings. The molecule has 1 saturated carbocycles. The van der Waals surface area contributed by atoms with Gasteiger partial charge in [-0.2, -0.15) is 0 Å². The third kappa shape index (κ3) is 3.75. The van der Waals surface area contributed by atoms with E-state index >= 15 is 0 Å². The Hall–Kier alpha value is -0.980. The number of hydrogen-bond donors (Lipinski definition) is 0. The summed E-state index contributed by atoms with van der Waals surface area (Å²) in [6.07, 6.45) is 8.29. The minimum atomic E-state index is 0.774. The molecule has 0 spiro atoms. The van der Waals surface area contributed by atoms with Crippen molar-refractivity contribution in [2.75, 3.05) is 7.11 Å². The van der Waals surface area contributed by atoms with Crippen molar-refractivity contribution in [3.63, 3.8) is 0 Å².